The molecule has 220 valence electrons. The van der Waals surface area contributed by atoms with Crippen molar-refractivity contribution in [3.05, 3.63) is 163 Å². The number of fused-ring (bicyclic) bond motifs is 7. The summed E-state index contributed by atoms with van der Waals surface area (Å²) >= 11 is 1.88. The van der Waals surface area contributed by atoms with Gasteiger partial charge in [0.25, 0.3) is 0 Å². The Hall–Kier alpha value is -5.58. The van der Waals surface area contributed by atoms with Crippen LogP contribution in [0.1, 0.15) is 5.56 Å². The first-order valence-electron chi connectivity index (χ1n) is 16.2. The lowest BCUT2D eigenvalue weighted by Gasteiger charge is -2.46. The number of hydrogen-bond donors (Lipinski definition) is 0. The third-order valence-electron chi connectivity index (χ3n) is 9.91. The van der Waals surface area contributed by atoms with Crippen LogP contribution in [0.4, 0.5) is 28.4 Å². The minimum atomic E-state index is 0.0251. The molecule has 10 rings (SSSR count). The summed E-state index contributed by atoms with van der Waals surface area (Å²) in [6.07, 6.45) is 0. The Labute approximate surface area is 278 Å². The van der Waals surface area contributed by atoms with Gasteiger partial charge in [0.05, 0.1) is 5.69 Å². The molecule has 0 unspecified atom stereocenters. The van der Waals surface area contributed by atoms with E-state index in [1.165, 1.54) is 87.4 Å². The zero-order valence-corrected chi connectivity index (χ0v) is 26.7. The summed E-state index contributed by atoms with van der Waals surface area (Å²) in [5.41, 5.74) is 15.0. The van der Waals surface area contributed by atoms with Crippen LogP contribution in [0.25, 0.3) is 42.4 Å². The van der Waals surface area contributed by atoms with Gasteiger partial charge in [0.1, 0.15) is 0 Å². The molecule has 2 nitrogen and oxygen atoms in total. The summed E-state index contributed by atoms with van der Waals surface area (Å²) in [5, 5.41) is 2.61. The van der Waals surface area contributed by atoms with Crippen LogP contribution in [0.2, 0.25) is 0 Å². The Morgan fingerprint density at radius 2 is 1.19 bits per heavy atom. The summed E-state index contributed by atoms with van der Waals surface area (Å²) in [4.78, 5) is 5.10. The fraction of sp³-hybridized carbons (Fsp3) is 0.0233. The van der Waals surface area contributed by atoms with Gasteiger partial charge in [-0.3, -0.25) is 0 Å². The van der Waals surface area contributed by atoms with Crippen molar-refractivity contribution in [1.29, 1.82) is 0 Å². The maximum atomic E-state index is 2.56. The van der Waals surface area contributed by atoms with Gasteiger partial charge >= 0.3 is 6.85 Å². The quantitative estimate of drug-likeness (QED) is 0.182. The van der Waals surface area contributed by atoms with Crippen molar-refractivity contribution in [3.63, 3.8) is 0 Å². The molecule has 7 aromatic carbocycles. The molecule has 4 heteroatoms. The zero-order chi connectivity index (χ0) is 31.1. The predicted molar refractivity (Wildman–Crippen MR) is 203 cm³/mol. The topological polar surface area (TPSA) is 6.48 Å². The molecule has 0 N–H and O–H groups in total. The van der Waals surface area contributed by atoms with Crippen LogP contribution in [0.5, 0.6) is 0 Å². The molecule has 1 aromatic heterocycles. The molecule has 0 atom stereocenters. The van der Waals surface area contributed by atoms with Crippen LogP contribution in [0, 0.1) is 6.92 Å². The highest BCUT2D eigenvalue weighted by atomic mass is 32.1. The standard InChI is InChI=1S/C43H29BN2S/c1-28-22-24-30(25-23-28)46-37-18-8-5-14-31(37)33-16-11-20-39-43(33)44(46)36-17-7-9-19-38(36)45(39)40-26-35-32-15-6-10-21-41(32)47-42(35)27-34(40)29-12-3-2-4-13-29/h2-27H,1H3. The average molecular weight is 617 g/mol. The Balaban J connectivity index is 1.31. The smallest absolute Gasteiger partial charge is 0.333 e. The normalized spacial score (nSPS) is 13.1. The van der Waals surface area contributed by atoms with Crippen LogP contribution in [-0.2, 0) is 0 Å². The van der Waals surface area contributed by atoms with Gasteiger partial charge in [-0.2, -0.15) is 0 Å². The summed E-state index contributed by atoms with van der Waals surface area (Å²) in [6.45, 7) is 2.18. The second-order valence-electron chi connectivity index (χ2n) is 12.6. The van der Waals surface area contributed by atoms with Crippen LogP contribution >= 0.6 is 11.3 Å². The van der Waals surface area contributed by atoms with Gasteiger partial charge in [0, 0.05) is 54.0 Å². The summed E-state index contributed by atoms with van der Waals surface area (Å²) < 4.78 is 2.63. The molecule has 0 amide bonds. The first-order valence-corrected chi connectivity index (χ1v) is 17.0. The molecule has 0 radical (unpaired) electrons. The first kappa shape index (κ1) is 26.6. The van der Waals surface area contributed by atoms with Crippen molar-refractivity contribution in [3.8, 4) is 22.3 Å². The van der Waals surface area contributed by atoms with Crippen molar-refractivity contribution in [2.75, 3.05) is 9.71 Å². The number of anilines is 5. The molecule has 0 saturated heterocycles. The molecule has 8 aromatic rings. The van der Waals surface area contributed by atoms with E-state index in [4.69, 9.17) is 0 Å². The van der Waals surface area contributed by atoms with E-state index in [0.29, 0.717) is 0 Å². The number of thiophene rings is 1. The largest absolute Gasteiger partial charge is 0.376 e. The van der Waals surface area contributed by atoms with Gasteiger partial charge in [-0.25, -0.2) is 0 Å². The van der Waals surface area contributed by atoms with E-state index in [1.54, 1.807) is 0 Å². The highest BCUT2D eigenvalue weighted by molar-refractivity contribution is 7.25. The number of aryl methyl sites for hydroxylation is 1. The molecule has 0 bridgehead atoms. The first-order chi connectivity index (χ1) is 23.2. The lowest BCUT2D eigenvalue weighted by molar-refractivity contribution is 1.27. The van der Waals surface area contributed by atoms with Crippen molar-refractivity contribution < 1.29 is 0 Å². The second kappa shape index (κ2) is 10.2. The Morgan fingerprint density at radius 3 is 2.06 bits per heavy atom. The van der Waals surface area contributed by atoms with Gasteiger partial charge in [0.2, 0.25) is 0 Å². The molecular formula is C43H29BN2S. The molecular weight excluding hydrogens is 587 g/mol. The third kappa shape index (κ3) is 3.92. The van der Waals surface area contributed by atoms with Gasteiger partial charge < -0.3 is 9.71 Å². The molecule has 3 heterocycles. The van der Waals surface area contributed by atoms with Gasteiger partial charge in [-0.05, 0) is 77.5 Å². The van der Waals surface area contributed by atoms with Crippen molar-refractivity contribution in [2.45, 2.75) is 6.92 Å². The number of nitrogens with zero attached hydrogens (tertiary/aromatic N) is 2. The molecule has 2 aliphatic heterocycles. The van der Waals surface area contributed by atoms with E-state index in [-0.39, 0.29) is 6.85 Å². The van der Waals surface area contributed by atoms with Crippen LogP contribution < -0.4 is 20.6 Å². The molecule has 0 fully saturated rings. The second-order valence-corrected chi connectivity index (χ2v) is 13.7. The van der Waals surface area contributed by atoms with Crippen LogP contribution in [0.3, 0.4) is 0 Å². The van der Waals surface area contributed by atoms with E-state index >= 15 is 0 Å². The van der Waals surface area contributed by atoms with Gasteiger partial charge in [-0.1, -0.05) is 115 Å². The molecule has 0 spiro atoms. The Bertz CT molecular complexity index is 2500. The monoisotopic (exact) mass is 616 g/mol. The van der Waals surface area contributed by atoms with E-state index in [0.717, 1.165) is 0 Å². The number of para-hydroxylation sites is 2. The molecule has 0 aliphatic carbocycles. The summed E-state index contributed by atoms with van der Waals surface area (Å²) in [5.74, 6) is 0. The number of rotatable bonds is 3. The number of benzene rings is 7. The van der Waals surface area contributed by atoms with Crippen molar-refractivity contribution in [2.24, 2.45) is 0 Å². The lowest BCUT2D eigenvalue weighted by atomic mass is 9.43. The van der Waals surface area contributed by atoms with E-state index in [2.05, 4.69) is 174 Å². The molecule has 0 saturated carbocycles. The summed E-state index contributed by atoms with van der Waals surface area (Å²) in [6, 6.07) is 58.4. The van der Waals surface area contributed by atoms with Gasteiger partial charge in [0.15, 0.2) is 0 Å². The fourth-order valence-corrected chi connectivity index (χ4v) is 8.97. The van der Waals surface area contributed by atoms with E-state index in [1.807, 2.05) is 11.3 Å². The summed E-state index contributed by atoms with van der Waals surface area (Å²) in [7, 11) is 0. The maximum absolute atomic E-state index is 2.56. The Morgan fingerprint density at radius 1 is 0.489 bits per heavy atom. The minimum absolute atomic E-state index is 0.0251. The minimum Gasteiger partial charge on any atom is -0.376 e. The van der Waals surface area contributed by atoms with Crippen LogP contribution in [-0.4, -0.2) is 6.85 Å². The maximum Gasteiger partial charge on any atom is 0.333 e. The Kier molecular flexibility index (Phi) is 5.79. The fourth-order valence-electron chi connectivity index (χ4n) is 7.84. The van der Waals surface area contributed by atoms with E-state index < -0.39 is 0 Å². The highest BCUT2D eigenvalue weighted by Gasteiger charge is 2.44. The third-order valence-corrected chi connectivity index (χ3v) is 11.0. The lowest BCUT2D eigenvalue weighted by Crippen LogP contribution is -2.61. The highest BCUT2D eigenvalue weighted by Crippen LogP contribution is 2.49. The number of hydrogen-bond acceptors (Lipinski definition) is 3. The average Bonchev–Trinajstić information content (AvgIpc) is 3.50. The zero-order valence-electron chi connectivity index (χ0n) is 25.9. The van der Waals surface area contributed by atoms with E-state index in [9.17, 15) is 0 Å². The van der Waals surface area contributed by atoms with Crippen molar-refractivity contribution >= 4 is 77.7 Å². The van der Waals surface area contributed by atoms with Crippen molar-refractivity contribution in [1.82, 2.24) is 0 Å². The van der Waals surface area contributed by atoms with Gasteiger partial charge in [-0.15, -0.1) is 11.3 Å². The van der Waals surface area contributed by atoms with Crippen LogP contribution in [0.15, 0.2) is 158 Å². The predicted octanol–water partition coefficient (Wildman–Crippen LogP) is 10.7. The SMILES string of the molecule is Cc1ccc(N2B3c4ccccc4N(c4cc5c(cc4-c4ccccc4)sc4ccccc45)c4cccc(c43)-c3ccccc32)cc1. The molecule has 2 aliphatic rings. The molecule has 47 heavy (non-hydrogen) atoms.